The Hall–Kier alpha value is -4.45. The van der Waals surface area contributed by atoms with Crippen molar-refractivity contribution < 1.29 is 30.0 Å². The molecule has 0 saturated heterocycles. The van der Waals surface area contributed by atoms with Crippen molar-refractivity contribution in [1.29, 1.82) is 0 Å². The molecule has 0 radical (unpaired) electrons. The number of carboxylic acid groups (broad SMARTS) is 2. The summed E-state index contributed by atoms with van der Waals surface area (Å²) in [6, 6.07) is 7.40. The molecule has 3 aromatic heterocycles. The highest BCUT2D eigenvalue weighted by Crippen LogP contribution is 2.38. The fourth-order valence-corrected chi connectivity index (χ4v) is 6.54. The van der Waals surface area contributed by atoms with Gasteiger partial charge in [-0.2, -0.15) is 12.6 Å². The van der Waals surface area contributed by atoms with Gasteiger partial charge in [0, 0.05) is 57.4 Å². The van der Waals surface area contributed by atoms with Gasteiger partial charge in [-0.1, -0.05) is 19.6 Å². The second kappa shape index (κ2) is 13.3. The lowest BCUT2D eigenvalue weighted by atomic mass is 9.98. The summed E-state index contributed by atoms with van der Waals surface area (Å²) in [6.07, 6.45) is 2.45. The zero-order chi connectivity index (χ0) is 32.4. The van der Waals surface area contributed by atoms with E-state index >= 15 is 0 Å². The van der Waals surface area contributed by atoms with Gasteiger partial charge in [0.2, 0.25) is 0 Å². The van der Waals surface area contributed by atoms with Crippen LogP contribution in [0.2, 0.25) is 0 Å². The Morgan fingerprint density at radius 1 is 0.778 bits per heavy atom. The van der Waals surface area contributed by atoms with E-state index < -0.39 is 11.9 Å². The van der Waals surface area contributed by atoms with Crippen LogP contribution >= 0.6 is 12.6 Å². The zero-order valence-electron chi connectivity index (χ0n) is 25.2. The van der Waals surface area contributed by atoms with Gasteiger partial charge in [-0.3, -0.25) is 9.59 Å². The molecule has 0 amide bonds. The number of nitrogens with zero attached hydrogens (tertiary/aromatic N) is 2. The average Bonchev–Trinajstić information content (AvgIpc) is 3.70. The number of aliphatic hydroxyl groups excluding tert-OH is 2. The average molecular weight is 629 g/mol. The molecule has 0 aromatic carbocycles. The zero-order valence-corrected chi connectivity index (χ0v) is 26.1. The number of H-pyrrole nitrogens is 2. The van der Waals surface area contributed by atoms with E-state index in [0.717, 1.165) is 45.2 Å². The van der Waals surface area contributed by atoms with Crippen molar-refractivity contribution in [2.75, 3.05) is 12.4 Å². The maximum Gasteiger partial charge on any atom is 0.303 e. The minimum atomic E-state index is -0.977. The molecule has 0 fully saturated rings. The fraction of sp³-hybridized carbons (Fsp3) is 0.294. The van der Waals surface area contributed by atoms with Crippen molar-refractivity contribution in [3.63, 3.8) is 0 Å². The monoisotopic (exact) mass is 628 g/mol. The van der Waals surface area contributed by atoms with Crippen LogP contribution in [0.5, 0.6) is 0 Å². The van der Waals surface area contributed by atoms with Gasteiger partial charge in [0.15, 0.2) is 0 Å². The Bertz CT molecular complexity index is 1950. The first-order chi connectivity index (χ1) is 21.6. The van der Waals surface area contributed by atoms with Crippen LogP contribution in [0.15, 0.2) is 30.8 Å². The van der Waals surface area contributed by atoms with Crippen LogP contribution in [0, 0.1) is 6.92 Å². The lowest BCUT2D eigenvalue weighted by Crippen LogP contribution is -1.98. The lowest BCUT2D eigenvalue weighted by Gasteiger charge is -2.06. The Kier molecular flexibility index (Phi) is 9.42. The normalized spacial score (nSPS) is 13.1. The molecular weight excluding hydrogens is 592 g/mol. The Morgan fingerprint density at radius 2 is 1.31 bits per heavy atom. The number of aromatic amines is 2. The summed E-state index contributed by atoms with van der Waals surface area (Å²) in [5.41, 5.74) is 11.1. The van der Waals surface area contributed by atoms with Crippen molar-refractivity contribution in [1.82, 2.24) is 19.9 Å². The summed E-state index contributed by atoms with van der Waals surface area (Å²) in [7, 11) is 0. The van der Waals surface area contributed by atoms with Crippen molar-refractivity contribution in [3.8, 4) is 0 Å². The van der Waals surface area contributed by atoms with Crippen LogP contribution in [-0.4, -0.2) is 64.7 Å². The number of aliphatic hydroxyl groups is 2. The third-order valence-corrected chi connectivity index (χ3v) is 8.76. The quantitative estimate of drug-likeness (QED) is 0.131. The molecule has 234 valence electrons. The van der Waals surface area contributed by atoms with Crippen molar-refractivity contribution >= 4 is 75.0 Å². The van der Waals surface area contributed by atoms with E-state index in [9.17, 15) is 30.0 Å². The van der Waals surface area contributed by atoms with Crippen LogP contribution < -0.4 is 0 Å². The van der Waals surface area contributed by atoms with Gasteiger partial charge in [0.25, 0.3) is 0 Å². The third kappa shape index (κ3) is 6.11. The van der Waals surface area contributed by atoms with Crippen molar-refractivity contribution in [2.45, 2.75) is 52.6 Å². The molecule has 0 unspecified atom stereocenters. The van der Waals surface area contributed by atoms with Crippen LogP contribution in [0.4, 0.5) is 0 Å². The number of hydrogen-bond acceptors (Lipinski definition) is 7. The molecule has 8 bridgehead atoms. The molecular formula is C34H36N4O6S. The number of aromatic nitrogens is 4. The predicted molar refractivity (Wildman–Crippen MR) is 179 cm³/mol. The molecule has 2 aliphatic rings. The summed E-state index contributed by atoms with van der Waals surface area (Å²) >= 11 is 4.58. The molecule has 0 atom stereocenters. The maximum absolute atomic E-state index is 11.6. The molecule has 0 aliphatic carbocycles. The van der Waals surface area contributed by atoms with Crippen LogP contribution in [0.1, 0.15) is 77.6 Å². The fourth-order valence-electron chi connectivity index (χ4n) is 6.19. The number of aryl methyl sites for hydroxylation is 2. The summed E-state index contributed by atoms with van der Waals surface area (Å²) in [5.74, 6) is -1.66. The highest BCUT2D eigenvalue weighted by molar-refractivity contribution is 7.80. The topological polar surface area (TPSA) is 172 Å². The second-order valence-electron chi connectivity index (χ2n) is 11.0. The SMILES string of the molecule is C=Cc1c(CO)c2cc3nc(cc4nc(cc5[nH]c(cc1[nH]2)c(C)c5CC)C(CO)=C4CCC(=O)O)C(CCC(=O)O)=C3CS. The molecule has 3 aromatic rings. The van der Waals surface area contributed by atoms with Gasteiger partial charge < -0.3 is 30.4 Å². The number of aliphatic carboxylic acids is 2. The number of thiol groups is 1. The van der Waals surface area contributed by atoms with E-state index in [0.29, 0.717) is 50.6 Å². The lowest BCUT2D eigenvalue weighted by molar-refractivity contribution is -0.137. The summed E-state index contributed by atoms with van der Waals surface area (Å²) in [4.78, 5) is 39.9. The van der Waals surface area contributed by atoms with E-state index in [2.05, 4.69) is 36.1 Å². The summed E-state index contributed by atoms with van der Waals surface area (Å²) < 4.78 is 0. The van der Waals surface area contributed by atoms with Crippen molar-refractivity contribution in [3.05, 3.63) is 75.9 Å². The first-order valence-electron chi connectivity index (χ1n) is 14.7. The van der Waals surface area contributed by atoms with Crippen LogP contribution in [0.25, 0.3) is 50.4 Å². The molecule has 5 rings (SSSR count). The van der Waals surface area contributed by atoms with Gasteiger partial charge in [-0.05, 0) is 78.3 Å². The molecule has 45 heavy (non-hydrogen) atoms. The van der Waals surface area contributed by atoms with E-state index in [4.69, 9.17) is 9.97 Å². The third-order valence-electron chi connectivity index (χ3n) is 8.44. The number of allylic oxidation sites excluding steroid dienone is 2. The highest BCUT2D eigenvalue weighted by Gasteiger charge is 2.25. The highest BCUT2D eigenvalue weighted by atomic mass is 32.1. The minimum absolute atomic E-state index is 0.133. The first kappa shape index (κ1) is 32.0. The molecule has 5 heterocycles. The predicted octanol–water partition coefficient (Wildman–Crippen LogP) is 5.79. The van der Waals surface area contributed by atoms with Gasteiger partial charge in [0.1, 0.15) is 0 Å². The number of rotatable bonds is 11. The summed E-state index contributed by atoms with van der Waals surface area (Å²) in [5, 5.41) is 39.9. The van der Waals surface area contributed by atoms with Crippen LogP contribution in [0.3, 0.4) is 0 Å². The van der Waals surface area contributed by atoms with E-state index in [1.54, 1.807) is 12.1 Å². The number of fused-ring (bicyclic) bond motifs is 8. The van der Waals surface area contributed by atoms with Crippen molar-refractivity contribution in [2.24, 2.45) is 0 Å². The Morgan fingerprint density at radius 3 is 1.82 bits per heavy atom. The second-order valence-corrected chi connectivity index (χ2v) is 11.3. The van der Waals surface area contributed by atoms with Gasteiger partial charge in [0.05, 0.1) is 36.0 Å². The minimum Gasteiger partial charge on any atom is -0.481 e. The smallest absolute Gasteiger partial charge is 0.303 e. The van der Waals surface area contributed by atoms with Gasteiger partial charge in [-0.15, -0.1) is 0 Å². The molecule has 10 nitrogen and oxygen atoms in total. The van der Waals surface area contributed by atoms with E-state index in [1.807, 2.05) is 25.1 Å². The number of carbonyl (C=O) groups is 2. The van der Waals surface area contributed by atoms with Gasteiger partial charge >= 0.3 is 11.9 Å². The van der Waals surface area contributed by atoms with Gasteiger partial charge in [-0.25, -0.2) is 9.97 Å². The number of nitrogens with one attached hydrogen (secondary N) is 2. The maximum atomic E-state index is 11.6. The molecule has 0 saturated carbocycles. The Balaban J connectivity index is 1.97. The first-order valence-corrected chi connectivity index (χ1v) is 15.4. The van der Waals surface area contributed by atoms with E-state index in [1.165, 1.54) is 0 Å². The molecule has 6 N–H and O–H groups in total. The number of hydrogen-bond donors (Lipinski definition) is 7. The molecule has 0 spiro atoms. The molecule has 2 aliphatic heterocycles. The van der Waals surface area contributed by atoms with Crippen LogP contribution in [-0.2, 0) is 22.6 Å². The standard InChI is InChI=1S/C34H36N4O6S/c1-4-18-17(3)25-10-27-19(5-2)22(14-39)30(36-27)13-32-24(16-45)21(7-9-34(43)44)29(38-32)12-28-20(6-8-33(41)42)23(15-40)31(37-28)11-26(18)35-25/h5,10-13,35-36,39-40,45H,2,4,6-9,14-16H2,1,3H3,(H,41,42)(H,43,44). The largest absolute Gasteiger partial charge is 0.481 e. The molecule has 11 heteroatoms. The number of carboxylic acids is 2. The Labute approximate surface area is 265 Å². The summed E-state index contributed by atoms with van der Waals surface area (Å²) in [6.45, 7) is 7.47. The van der Waals surface area contributed by atoms with E-state index in [-0.39, 0.29) is 44.6 Å².